The number of nitrogens with zero attached hydrogens (tertiary/aromatic N) is 2. The van der Waals surface area contributed by atoms with Crippen LogP contribution in [0.3, 0.4) is 0 Å². The van der Waals surface area contributed by atoms with Gasteiger partial charge in [-0.25, -0.2) is 9.37 Å². The topological polar surface area (TPSA) is 27.1 Å². The number of fused-ring (bicyclic) bond motifs is 1. The third-order valence-corrected chi connectivity index (χ3v) is 4.12. The minimum atomic E-state index is -0.231. The predicted molar refractivity (Wildman–Crippen MR) is 82.2 cm³/mol. The maximum atomic E-state index is 13.7. The SMILES string of the molecule is Cc1cc2c(cc1F)nc(C(C)Cl)n2CCOCC1CC1. The number of ether oxygens (including phenoxy) is 1. The van der Waals surface area contributed by atoms with Crippen molar-refractivity contribution in [1.29, 1.82) is 0 Å². The van der Waals surface area contributed by atoms with Crippen LogP contribution in [0.15, 0.2) is 12.1 Å². The van der Waals surface area contributed by atoms with Crippen molar-refractivity contribution in [3.05, 3.63) is 29.3 Å². The van der Waals surface area contributed by atoms with E-state index >= 15 is 0 Å². The number of benzene rings is 1. The molecule has 1 heterocycles. The zero-order valence-corrected chi connectivity index (χ0v) is 13.2. The maximum Gasteiger partial charge on any atom is 0.128 e. The van der Waals surface area contributed by atoms with Gasteiger partial charge in [0.1, 0.15) is 11.6 Å². The Morgan fingerprint density at radius 3 is 2.90 bits per heavy atom. The van der Waals surface area contributed by atoms with Crippen molar-refractivity contribution < 1.29 is 9.13 Å². The largest absolute Gasteiger partial charge is 0.379 e. The van der Waals surface area contributed by atoms with Crippen LogP contribution in [0.1, 0.15) is 36.5 Å². The molecule has 0 amide bonds. The fraction of sp³-hybridized carbons (Fsp3) is 0.562. The van der Waals surface area contributed by atoms with E-state index in [1.165, 1.54) is 18.9 Å². The average Bonchev–Trinajstić information content (AvgIpc) is 3.19. The minimum absolute atomic E-state index is 0.218. The summed E-state index contributed by atoms with van der Waals surface area (Å²) in [6, 6.07) is 3.32. The first-order valence-corrected chi connectivity index (χ1v) is 7.88. The molecule has 21 heavy (non-hydrogen) atoms. The summed E-state index contributed by atoms with van der Waals surface area (Å²) in [6.07, 6.45) is 2.58. The molecule has 1 aromatic carbocycles. The molecule has 0 N–H and O–H groups in total. The summed E-state index contributed by atoms with van der Waals surface area (Å²) in [6.45, 7) is 5.81. The van der Waals surface area contributed by atoms with Gasteiger partial charge in [-0.2, -0.15) is 0 Å². The number of halogens is 2. The molecule has 1 atom stereocenters. The predicted octanol–water partition coefficient (Wildman–Crippen LogP) is 4.21. The Morgan fingerprint density at radius 1 is 1.48 bits per heavy atom. The van der Waals surface area contributed by atoms with E-state index in [4.69, 9.17) is 16.3 Å². The lowest BCUT2D eigenvalue weighted by Gasteiger charge is -2.11. The molecule has 1 aliphatic rings. The molecule has 2 aromatic rings. The van der Waals surface area contributed by atoms with E-state index in [0.29, 0.717) is 24.2 Å². The van der Waals surface area contributed by atoms with Crippen molar-refractivity contribution in [1.82, 2.24) is 9.55 Å². The second-order valence-electron chi connectivity index (χ2n) is 5.85. The molecule has 1 aromatic heterocycles. The first-order chi connectivity index (χ1) is 10.1. The van der Waals surface area contributed by atoms with E-state index in [0.717, 1.165) is 23.9 Å². The van der Waals surface area contributed by atoms with Crippen molar-refractivity contribution in [3.63, 3.8) is 0 Å². The van der Waals surface area contributed by atoms with Crippen LogP contribution in [-0.2, 0) is 11.3 Å². The van der Waals surface area contributed by atoms with Gasteiger partial charge >= 0.3 is 0 Å². The van der Waals surface area contributed by atoms with E-state index in [2.05, 4.69) is 4.98 Å². The van der Waals surface area contributed by atoms with Gasteiger partial charge in [-0.1, -0.05) is 0 Å². The molecule has 0 spiro atoms. The summed E-state index contributed by atoms with van der Waals surface area (Å²) in [7, 11) is 0. The quantitative estimate of drug-likeness (QED) is 0.590. The minimum Gasteiger partial charge on any atom is -0.379 e. The van der Waals surface area contributed by atoms with E-state index in [1.54, 1.807) is 6.92 Å². The number of imidazole rings is 1. The van der Waals surface area contributed by atoms with Crippen LogP contribution < -0.4 is 0 Å². The summed E-state index contributed by atoms with van der Waals surface area (Å²) in [4.78, 5) is 4.48. The number of alkyl halides is 1. The normalized spacial score (nSPS) is 16.6. The first kappa shape index (κ1) is 14.8. The number of hydrogen-bond donors (Lipinski definition) is 0. The molecule has 0 bridgehead atoms. The first-order valence-electron chi connectivity index (χ1n) is 7.44. The Hall–Kier alpha value is -1.13. The molecule has 5 heteroatoms. The number of rotatable bonds is 6. The zero-order valence-electron chi connectivity index (χ0n) is 12.4. The van der Waals surface area contributed by atoms with Crippen LogP contribution in [0, 0.1) is 18.7 Å². The Balaban J connectivity index is 1.85. The fourth-order valence-corrected chi connectivity index (χ4v) is 2.66. The van der Waals surface area contributed by atoms with Crippen LogP contribution in [0.5, 0.6) is 0 Å². The van der Waals surface area contributed by atoms with Crippen LogP contribution in [0.25, 0.3) is 11.0 Å². The average molecular weight is 311 g/mol. The maximum absolute atomic E-state index is 13.7. The second-order valence-corrected chi connectivity index (χ2v) is 6.50. The van der Waals surface area contributed by atoms with Gasteiger partial charge in [0.15, 0.2) is 0 Å². The summed E-state index contributed by atoms with van der Waals surface area (Å²) < 4.78 is 21.4. The fourth-order valence-electron chi connectivity index (χ4n) is 2.50. The highest BCUT2D eigenvalue weighted by atomic mass is 35.5. The van der Waals surface area contributed by atoms with Gasteiger partial charge in [-0.3, -0.25) is 0 Å². The van der Waals surface area contributed by atoms with Crippen LogP contribution in [0.4, 0.5) is 4.39 Å². The highest BCUT2D eigenvalue weighted by Gasteiger charge is 2.21. The third kappa shape index (κ3) is 3.22. The van der Waals surface area contributed by atoms with E-state index in [9.17, 15) is 4.39 Å². The van der Waals surface area contributed by atoms with Crippen molar-refractivity contribution in [2.75, 3.05) is 13.2 Å². The number of aromatic nitrogens is 2. The molecule has 0 radical (unpaired) electrons. The highest BCUT2D eigenvalue weighted by Crippen LogP contribution is 2.29. The van der Waals surface area contributed by atoms with Crippen molar-refractivity contribution in [2.24, 2.45) is 5.92 Å². The Kier molecular flexibility index (Phi) is 4.18. The molecule has 1 unspecified atom stereocenters. The summed E-state index contributed by atoms with van der Waals surface area (Å²) in [5.74, 6) is 1.30. The Morgan fingerprint density at radius 2 is 2.24 bits per heavy atom. The van der Waals surface area contributed by atoms with Gasteiger partial charge in [0.25, 0.3) is 0 Å². The molecule has 1 fully saturated rings. The number of hydrogen-bond acceptors (Lipinski definition) is 2. The molecule has 3 nitrogen and oxygen atoms in total. The Bertz CT molecular complexity index is 649. The van der Waals surface area contributed by atoms with E-state index < -0.39 is 0 Å². The van der Waals surface area contributed by atoms with E-state index in [-0.39, 0.29) is 11.2 Å². The van der Waals surface area contributed by atoms with Crippen molar-refractivity contribution in [3.8, 4) is 0 Å². The summed E-state index contributed by atoms with van der Waals surface area (Å²) in [5, 5.41) is -0.218. The van der Waals surface area contributed by atoms with Crippen molar-refractivity contribution >= 4 is 22.6 Å². The van der Waals surface area contributed by atoms with Gasteiger partial charge in [0.05, 0.1) is 23.0 Å². The monoisotopic (exact) mass is 310 g/mol. The highest BCUT2D eigenvalue weighted by molar-refractivity contribution is 6.20. The van der Waals surface area contributed by atoms with Gasteiger partial charge in [0.2, 0.25) is 0 Å². The lowest BCUT2D eigenvalue weighted by Crippen LogP contribution is -2.11. The van der Waals surface area contributed by atoms with Gasteiger partial charge in [-0.15, -0.1) is 11.6 Å². The Labute approximate surface area is 129 Å². The number of aryl methyl sites for hydroxylation is 1. The van der Waals surface area contributed by atoms with Gasteiger partial charge in [0, 0.05) is 19.2 Å². The van der Waals surface area contributed by atoms with Crippen LogP contribution in [0.2, 0.25) is 0 Å². The molecular weight excluding hydrogens is 291 g/mol. The molecule has 114 valence electrons. The summed E-state index contributed by atoms with van der Waals surface area (Å²) >= 11 is 6.21. The summed E-state index contributed by atoms with van der Waals surface area (Å²) in [5.41, 5.74) is 2.20. The van der Waals surface area contributed by atoms with Crippen LogP contribution in [-0.4, -0.2) is 22.8 Å². The van der Waals surface area contributed by atoms with Crippen molar-refractivity contribution in [2.45, 2.75) is 38.6 Å². The molecule has 0 saturated heterocycles. The van der Waals surface area contributed by atoms with Gasteiger partial charge < -0.3 is 9.30 Å². The smallest absolute Gasteiger partial charge is 0.128 e. The molecule has 0 aliphatic heterocycles. The third-order valence-electron chi connectivity index (χ3n) is 3.92. The molecular formula is C16H20ClFN2O. The lowest BCUT2D eigenvalue weighted by molar-refractivity contribution is 0.117. The lowest BCUT2D eigenvalue weighted by atomic mass is 10.2. The van der Waals surface area contributed by atoms with Crippen LogP contribution >= 0.6 is 11.6 Å². The van der Waals surface area contributed by atoms with Gasteiger partial charge in [-0.05, 0) is 44.2 Å². The standard InChI is InChI=1S/C16H20ClFN2O/c1-10-7-15-14(8-13(10)18)19-16(11(2)17)20(15)5-6-21-9-12-3-4-12/h7-8,11-12H,3-6,9H2,1-2H3. The second kappa shape index (κ2) is 5.93. The zero-order chi connectivity index (χ0) is 15.0. The molecule has 1 saturated carbocycles. The van der Waals surface area contributed by atoms with E-state index in [1.807, 2.05) is 17.6 Å². The molecule has 1 aliphatic carbocycles. The molecule has 3 rings (SSSR count).